The van der Waals surface area contributed by atoms with E-state index in [1.54, 1.807) is 44.4 Å². The summed E-state index contributed by atoms with van der Waals surface area (Å²) in [5.41, 5.74) is 6.10. The van der Waals surface area contributed by atoms with E-state index < -0.39 is 0 Å². The van der Waals surface area contributed by atoms with Gasteiger partial charge in [0.1, 0.15) is 0 Å². The molecule has 1 aromatic carbocycles. The number of rotatable bonds is 5. The van der Waals surface area contributed by atoms with E-state index in [2.05, 4.69) is 0 Å². The molecule has 0 aliphatic carbocycles. The molecule has 0 saturated heterocycles. The van der Waals surface area contributed by atoms with Gasteiger partial charge in [0.25, 0.3) is 5.91 Å². The number of likely N-dealkylation sites (N-methyl/N-ethyl adjacent to an activating group) is 1. The lowest BCUT2D eigenvalue weighted by molar-refractivity contribution is 0.0748. The van der Waals surface area contributed by atoms with Crippen molar-refractivity contribution in [2.45, 2.75) is 13.0 Å². The lowest BCUT2D eigenvalue weighted by atomic mass is 10.1. The Morgan fingerprint density at radius 1 is 1.32 bits per heavy atom. The number of amides is 1. The highest BCUT2D eigenvalue weighted by Gasteiger charge is 2.18. The van der Waals surface area contributed by atoms with Gasteiger partial charge >= 0.3 is 0 Å². The zero-order chi connectivity index (χ0) is 13.7. The van der Waals surface area contributed by atoms with Gasteiger partial charge in [0, 0.05) is 25.2 Å². The minimum absolute atomic E-state index is 0. The highest BCUT2D eigenvalue weighted by molar-refractivity contribution is 5.95. The van der Waals surface area contributed by atoms with E-state index in [-0.39, 0.29) is 24.4 Å². The first-order valence-corrected chi connectivity index (χ1v) is 5.74. The summed E-state index contributed by atoms with van der Waals surface area (Å²) in [5, 5.41) is 0. The summed E-state index contributed by atoms with van der Waals surface area (Å²) < 4.78 is 10.3. The maximum Gasteiger partial charge on any atom is 0.254 e. The van der Waals surface area contributed by atoms with E-state index >= 15 is 0 Å². The third-order valence-electron chi connectivity index (χ3n) is 2.95. The molecule has 2 N–H and O–H groups in total. The Morgan fingerprint density at radius 2 is 1.89 bits per heavy atom. The van der Waals surface area contributed by atoms with Gasteiger partial charge in [-0.05, 0) is 25.1 Å². The Labute approximate surface area is 120 Å². The van der Waals surface area contributed by atoms with Gasteiger partial charge in [-0.1, -0.05) is 0 Å². The first-order valence-electron chi connectivity index (χ1n) is 5.74. The fraction of sp³-hybridized carbons (Fsp3) is 0.462. The minimum atomic E-state index is -0.0890. The molecule has 1 atom stereocenters. The molecule has 6 heteroatoms. The zero-order valence-corrected chi connectivity index (χ0v) is 12.5. The number of carbonyl (C=O) groups excluding carboxylic acids is 1. The normalized spacial score (nSPS) is 11.2. The summed E-state index contributed by atoms with van der Waals surface area (Å²) in [6, 6.07) is 5.09. The maximum atomic E-state index is 12.2. The average molecular weight is 289 g/mol. The molecule has 19 heavy (non-hydrogen) atoms. The van der Waals surface area contributed by atoms with Crippen molar-refractivity contribution in [1.29, 1.82) is 0 Å². The van der Waals surface area contributed by atoms with Crippen LogP contribution in [0.1, 0.15) is 17.3 Å². The van der Waals surface area contributed by atoms with E-state index in [9.17, 15) is 4.79 Å². The fourth-order valence-corrected chi connectivity index (χ4v) is 1.53. The highest BCUT2D eigenvalue weighted by Crippen LogP contribution is 2.28. The number of nitrogens with zero attached hydrogens (tertiary/aromatic N) is 1. The fourth-order valence-electron chi connectivity index (χ4n) is 1.53. The number of halogens is 1. The van der Waals surface area contributed by atoms with E-state index in [1.165, 1.54) is 0 Å². The van der Waals surface area contributed by atoms with Gasteiger partial charge in [0.05, 0.1) is 14.2 Å². The Morgan fingerprint density at radius 3 is 2.37 bits per heavy atom. The highest BCUT2D eigenvalue weighted by atomic mass is 35.5. The van der Waals surface area contributed by atoms with Crippen LogP contribution in [0.2, 0.25) is 0 Å². The van der Waals surface area contributed by atoms with Crippen LogP contribution in [0.15, 0.2) is 18.2 Å². The molecular formula is C13H21ClN2O3. The van der Waals surface area contributed by atoms with Gasteiger partial charge in [-0.15, -0.1) is 12.4 Å². The second-order valence-electron chi connectivity index (χ2n) is 4.07. The van der Waals surface area contributed by atoms with Gasteiger partial charge in [0.2, 0.25) is 0 Å². The van der Waals surface area contributed by atoms with Gasteiger partial charge in [-0.3, -0.25) is 4.79 Å². The lowest BCUT2D eigenvalue weighted by Gasteiger charge is -2.24. The van der Waals surface area contributed by atoms with Crippen molar-refractivity contribution in [3.8, 4) is 11.5 Å². The molecule has 5 nitrogen and oxygen atoms in total. The Balaban J connectivity index is 0.00000324. The number of benzene rings is 1. The van der Waals surface area contributed by atoms with Crippen LogP contribution in [0.5, 0.6) is 11.5 Å². The Bertz CT molecular complexity index is 426. The molecule has 0 aromatic heterocycles. The molecule has 0 aliphatic rings. The summed E-state index contributed by atoms with van der Waals surface area (Å²) in [4.78, 5) is 13.8. The molecule has 0 saturated carbocycles. The number of ether oxygens (including phenoxy) is 2. The zero-order valence-electron chi connectivity index (χ0n) is 11.7. The summed E-state index contributed by atoms with van der Waals surface area (Å²) in [5.74, 6) is 1.05. The monoisotopic (exact) mass is 288 g/mol. The summed E-state index contributed by atoms with van der Waals surface area (Å²) in [6.07, 6.45) is 0. The van der Waals surface area contributed by atoms with E-state index in [1.807, 2.05) is 6.92 Å². The summed E-state index contributed by atoms with van der Waals surface area (Å²) >= 11 is 0. The van der Waals surface area contributed by atoms with Crippen molar-refractivity contribution in [3.63, 3.8) is 0 Å². The topological polar surface area (TPSA) is 64.8 Å². The second-order valence-corrected chi connectivity index (χ2v) is 4.07. The second kappa shape index (κ2) is 7.86. The predicted octanol–water partition coefficient (Wildman–Crippen LogP) is 1.54. The van der Waals surface area contributed by atoms with Gasteiger partial charge in [0.15, 0.2) is 11.5 Å². The first-order chi connectivity index (χ1) is 8.54. The van der Waals surface area contributed by atoms with Crippen LogP contribution >= 0.6 is 12.4 Å². The molecule has 1 aromatic rings. The van der Waals surface area contributed by atoms with Crippen molar-refractivity contribution < 1.29 is 14.3 Å². The lowest BCUT2D eigenvalue weighted by Crippen LogP contribution is -2.39. The number of methoxy groups -OCH3 is 2. The Kier molecular flexibility index (Phi) is 7.26. The largest absolute Gasteiger partial charge is 0.493 e. The smallest absolute Gasteiger partial charge is 0.254 e. The molecule has 0 spiro atoms. The molecule has 1 unspecified atom stereocenters. The van der Waals surface area contributed by atoms with Crippen LogP contribution in [0.25, 0.3) is 0 Å². The molecule has 0 radical (unpaired) electrons. The third-order valence-corrected chi connectivity index (χ3v) is 2.95. The third kappa shape index (κ3) is 4.01. The molecule has 0 fully saturated rings. The maximum absolute atomic E-state index is 12.2. The number of nitrogens with two attached hydrogens (primary N) is 1. The number of hydrogen-bond donors (Lipinski definition) is 1. The van der Waals surface area contributed by atoms with Crippen molar-refractivity contribution in [3.05, 3.63) is 23.8 Å². The first kappa shape index (κ1) is 17.5. The van der Waals surface area contributed by atoms with Crippen LogP contribution < -0.4 is 15.2 Å². The summed E-state index contributed by atoms with van der Waals surface area (Å²) in [6.45, 7) is 2.33. The van der Waals surface area contributed by atoms with Crippen molar-refractivity contribution >= 4 is 18.3 Å². The summed E-state index contributed by atoms with van der Waals surface area (Å²) in [7, 11) is 4.83. The molecule has 0 aliphatic heterocycles. The van der Waals surface area contributed by atoms with E-state index in [0.717, 1.165) is 0 Å². The van der Waals surface area contributed by atoms with Gasteiger partial charge in [-0.2, -0.15) is 0 Å². The van der Waals surface area contributed by atoms with Crippen LogP contribution in [0, 0.1) is 0 Å². The number of hydrogen-bond acceptors (Lipinski definition) is 4. The Hall–Kier alpha value is -1.46. The molecule has 0 heterocycles. The van der Waals surface area contributed by atoms with E-state index in [0.29, 0.717) is 23.6 Å². The van der Waals surface area contributed by atoms with Crippen LogP contribution in [-0.4, -0.2) is 44.7 Å². The van der Waals surface area contributed by atoms with Crippen molar-refractivity contribution in [2.75, 3.05) is 27.8 Å². The van der Waals surface area contributed by atoms with Crippen LogP contribution in [0.3, 0.4) is 0 Å². The van der Waals surface area contributed by atoms with Crippen LogP contribution in [-0.2, 0) is 0 Å². The molecule has 0 bridgehead atoms. The van der Waals surface area contributed by atoms with Gasteiger partial charge in [-0.25, -0.2) is 0 Å². The average Bonchev–Trinajstić information content (AvgIpc) is 2.43. The van der Waals surface area contributed by atoms with Crippen molar-refractivity contribution in [1.82, 2.24) is 4.90 Å². The molecule has 1 amide bonds. The molecular weight excluding hydrogens is 268 g/mol. The standard InChI is InChI=1S/C13H20N2O3.ClH/c1-9(8-14)15(2)13(16)10-5-6-11(17-3)12(7-10)18-4;/h5-7,9H,8,14H2,1-4H3;1H. The van der Waals surface area contributed by atoms with Crippen molar-refractivity contribution in [2.24, 2.45) is 5.73 Å². The van der Waals surface area contributed by atoms with E-state index in [4.69, 9.17) is 15.2 Å². The van der Waals surface area contributed by atoms with Crippen LogP contribution in [0.4, 0.5) is 0 Å². The molecule has 108 valence electrons. The quantitative estimate of drug-likeness (QED) is 0.893. The number of carbonyl (C=O) groups is 1. The molecule has 1 rings (SSSR count). The minimum Gasteiger partial charge on any atom is -0.493 e. The SMILES string of the molecule is COc1ccc(C(=O)N(C)C(C)CN)cc1OC.Cl. The predicted molar refractivity (Wildman–Crippen MR) is 77.4 cm³/mol. The van der Waals surface area contributed by atoms with Gasteiger partial charge < -0.3 is 20.1 Å².